The third-order valence-corrected chi connectivity index (χ3v) is 3.70. The van der Waals surface area contributed by atoms with Gasteiger partial charge in [0.25, 0.3) is 0 Å². The van der Waals surface area contributed by atoms with Crippen molar-refractivity contribution in [3.8, 4) is 0 Å². The van der Waals surface area contributed by atoms with Crippen molar-refractivity contribution in [2.24, 2.45) is 11.8 Å². The molecule has 0 aliphatic carbocycles. The van der Waals surface area contributed by atoms with Crippen LogP contribution in [-0.4, -0.2) is 30.4 Å². The number of hydrogen-bond acceptors (Lipinski definition) is 1. The second-order valence-corrected chi connectivity index (χ2v) is 5.20. The van der Waals surface area contributed by atoms with E-state index in [1.54, 1.807) is 0 Å². The number of halogens is 1. The van der Waals surface area contributed by atoms with E-state index < -0.39 is 0 Å². The quantitative estimate of drug-likeness (QED) is 0.504. The molecule has 0 atom stereocenters. The van der Waals surface area contributed by atoms with E-state index in [0.29, 0.717) is 0 Å². The number of unbranched alkanes of at least 4 members (excludes halogenated alkanes) is 1. The number of rotatable bonds is 5. The molecule has 0 amide bonds. The van der Waals surface area contributed by atoms with Crippen molar-refractivity contribution in [1.82, 2.24) is 4.90 Å². The van der Waals surface area contributed by atoms with Gasteiger partial charge in [0.15, 0.2) is 0 Å². The van der Waals surface area contributed by atoms with E-state index in [4.69, 9.17) is 11.6 Å². The fourth-order valence-corrected chi connectivity index (χ4v) is 2.46. The highest BCUT2D eigenvalue weighted by Gasteiger charge is 2.20. The van der Waals surface area contributed by atoms with E-state index in [-0.39, 0.29) is 0 Å². The second-order valence-electron chi connectivity index (χ2n) is 4.82. The zero-order chi connectivity index (χ0) is 10.4. The Kier molecular flexibility index (Phi) is 5.88. The highest BCUT2D eigenvalue weighted by Crippen LogP contribution is 2.24. The monoisotopic (exact) mass is 217 g/mol. The van der Waals surface area contributed by atoms with E-state index in [9.17, 15) is 0 Å². The van der Waals surface area contributed by atoms with Crippen LogP contribution in [0.4, 0.5) is 0 Å². The summed E-state index contributed by atoms with van der Waals surface area (Å²) in [4.78, 5) is 2.60. The Morgan fingerprint density at radius 3 is 2.36 bits per heavy atom. The maximum Gasteiger partial charge on any atom is 0.0223 e. The highest BCUT2D eigenvalue weighted by molar-refractivity contribution is 6.17. The Hall–Kier alpha value is 0.250. The zero-order valence-electron chi connectivity index (χ0n) is 9.64. The van der Waals surface area contributed by atoms with Crippen molar-refractivity contribution in [3.05, 3.63) is 0 Å². The van der Waals surface area contributed by atoms with Gasteiger partial charge in [0.05, 0.1) is 0 Å². The van der Waals surface area contributed by atoms with Gasteiger partial charge < -0.3 is 4.90 Å². The lowest BCUT2D eigenvalue weighted by molar-refractivity contribution is 0.156. The largest absolute Gasteiger partial charge is 0.303 e. The first kappa shape index (κ1) is 12.3. The van der Waals surface area contributed by atoms with E-state index >= 15 is 0 Å². The summed E-state index contributed by atoms with van der Waals surface area (Å²) in [7, 11) is 0. The number of hydrogen-bond donors (Lipinski definition) is 0. The molecule has 0 bridgehead atoms. The van der Waals surface area contributed by atoms with Crippen LogP contribution in [-0.2, 0) is 0 Å². The van der Waals surface area contributed by atoms with Gasteiger partial charge in [0.1, 0.15) is 0 Å². The molecule has 0 saturated carbocycles. The van der Waals surface area contributed by atoms with Crippen LogP contribution in [0.1, 0.15) is 39.5 Å². The minimum absolute atomic E-state index is 0.822. The smallest absolute Gasteiger partial charge is 0.0223 e. The van der Waals surface area contributed by atoms with Gasteiger partial charge >= 0.3 is 0 Å². The van der Waals surface area contributed by atoms with Crippen LogP contribution in [0.2, 0.25) is 0 Å². The molecule has 1 aliphatic rings. The predicted molar refractivity (Wildman–Crippen MR) is 64.0 cm³/mol. The second kappa shape index (κ2) is 6.68. The Morgan fingerprint density at radius 1 is 1.21 bits per heavy atom. The molecule has 2 heteroatoms. The Bertz CT molecular complexity index is 139. The first-order chi connectivity index (χ1) is 6.74. The molecular formula is C12H24ClN. The third-order valence-electron chi connectivity index (χ3n) is 3.43. The Morgan fingerprint density at radius 2 is 1.86 bits per heavy atom. The van der Waals surface area contributed by atoms with Gasteiger partial charge in [-0.15, -0.1) is 11.6 Å². The summed E-state index contributed by atoms with van der Waals surface area (Å²) in [6.07, 6.45) is 5.25. The molecule has 84 valence electrons. The first-order valence-corrected chi connectivity index (χ1v) is 6.55. The standard InChI is InChI=1S/C12H24ClN/c1-11(2)12-5-9-14(10-6-12)8-4-3-7-13/h11-12H,3-10H2,1-2H3. The van der Waals surface area contributed by atoms with E-state index in [1.165, 1.54) is 45.3 Å². The van der Waals surface area contributed by atoms with Crippen LogP contribution in [0.5, 0.6) is 0 Å². The average molecular weight is 218 g/mol. The molecule has 1 rings (SSSR count). The molecule has 0 aromatic rings. The molecule has 0 aromatic heterocycles. The fourth-order valence-electron chi connectivity index (χ4n) is 2.27. The summed E-state index contributed by atoms with van der Waals surface area (Å²) < 4.78 is 0. The number of likely N-dealkylation sites (tertiary alicyclic amines) is 1. The van der Waals surface area contributed by atoms with Gasteiger partial charge in [-0.3, -0.25) is 0 Å². The van der Waals surface area contributed by atoms with Gasteiger partial charge in [-0.2, -0.15) is 0 Å². The number of alkyl halides is 1. The molecule has 14 heavy (non-hydrogen) atoms. The maximum atomic E-state index is 5.67. The molecule has 0 spiro atoms. The SMILES string of the molecule is CC(C)C1CCN(CCCCCl)CC1. The lowest BCUT2D eigenvalue weighted by Crippen LogP contribution is -2.35. The van der Waals surface area contributed by atoms with Crippen molar-refractivity contribution in [3.63, 3.8) is 0 Å². The molecule has 0 aromatic carbocycles. The molecule has 1 aliphatic heterocycles. The van der Waals surface area contributed by atoms with Gasteiger partial charge in [-0.1, -0.05) is 13.8 Å². The van der Waals surface area contributed by atoms with Crippen molar-refractivity contribution in [1.29, 1.82) is 0 Å². The first-order valence-electron chi connectivity index (χ1n) is 6.02. The van der Waals surface area contributed by atoms with Crippen LogP contribution in [0.25, 0.3) is 0 Å². The number of piperidine rings is 1. The fraction of sp³-hybridized carbons (Fsp3) is 1.00. The summed E-state index contributed by atoms with van der Waals surface area (Å²) >= 11 is 5.67. The van der Waals surface area contributed by atoms with E-state index in [2.05, 4.69) is 18.7 Å². The Labute approximate surface area is 93.8 Å². The van der Waals surface area contributed by atoms with Crippen LogP contribution in [0, 0.1) is 11.8 Å². The summed E-state index contributed by atoms with van der Waals surface area (Å²) in [5, 5.41) is 0. The third kappa shape index (κ3) is 4.18. The molecule has 1 heterocycles. The molecule has 0 N–H and O–H groups in total. The Balaban J connectivity index is 2.09. The predicted octanol–water partition coefficient (Wildman–Crippen LogP) is 3.37. The van der Waals surface area contributed by atoms with E-state index in [1.807, 2.05) is 0 Å². The molecule has 1 fully saturated rings. The zero-order valence-corrected chi connectivity index (χ0v) is 10.4. The van der Waals surface area contributed by atoms with Crippen molar-refractivity contribution in [2.45, 2.75) is 39.5 Å². The van der Waals surface area contributed by atoms with Gasteiger partial charge in [0.2, 0.25) is 0 Å². The lowest BCUT2D eigenvalue weighted by Gasteiger charge is -2.33. The summed E-state index contributed by atoms with van der Waals surface area (Å²) in [6, 6.07) is 0. The average Bonchev–Trinajstić information content (AvgIpc) is 2.19. The normalized spacial score (nSPS) is 20.6. The van der Waals surface area contributed by atoms with E-state index in [0.717, 1.165) is 17.7 Å². The van der Waals surface area contributed by atoms with Crippen LogP contribution in [0.15, 0.2) is 0 Å². The minimum Gasteiger partial charge on any atom is -0.303 e. The molecular weight excluding hydrogens is 194 g/mol. The maximum absolute atomic E-state index is 5.67. The van der Waals surface area contributed by atoms with Gasteiger partial charge in [0, 0.05) is 5.88 Å². The summed E-state index contributed by atoms with van der Waals surface area (Å²) in [6.45, 7) is 8.59. The molecule has 1 saturated heterocycles. The summed E-state index contributed by atoms with van der Waals surface area (Å²) in [5.41, 5.74) is 0. The van der Waals surface area contributed by atoms with Gasteiger partial charge in [-0.25, -0.2) is 0 Å². The lowest BCUT2D eigenvalue weighted by atomic mass is 9.87. The van der Waals surface area contributed by atoms with Crippen LogP contribution < -0.4 is 0 Å². The van der Waals surface area contributed by atoms with Crippen LogP contribution >= 0.6 is 11.6 Å². The molecule has 0 radical (unpaired) electrons. The van der Waals surface area contributed by atoms with Crippen molar-refractivity contribution >= 4 is 11.6 Å². The van der Waals surface area contributed by atoms with Gasteiger partial charge in [-0.05, 0) is 57.2 Å². The number of nitrogens with zero attached hydrogens (tertiary/aromatic N) is 1. The van der Waals surface area contributed by atoms with Crippen molar-refractivity contribution in [2.75, 3.05) is 25.5 Å². The molecule has 1 nitrogen and oxygen atoms in total. The van der Waals surface area contributed by atoms with Crippen molar-refractivity contribution < 1.29 is 0 Å². The topological polar surface area (TPSA) is 3.24 Å². The highest BCUT2D eigenvalue weighted by atomic mass is 35.5. The van der Waals surface area contributed by atoms with Crippen LogP contribution in [0.3, 0.4) is 0 Å². The summed E-state index contributed by atoms with van der Waals surface area (Å²) in [5.74, 6) is 2.67. The minimum atomic E-state index is 0.822. The molecule has 0 unspecified atom stereocenters.